The van der Waals surface area contributed by atoms with Gasteiger partial charge >= 0.3 is 0 Å². The van der Waals surface area contributed by atoms with Crippen molar-refractivity contribution in [1.29, 1.82) is 0 Å². The third-order valence-electron chi connectivity index (χ3n) is 4.49. The molecule has 0 radical (unpaired) electrons. The van der Waals surface area contributed by atoms with Crippen LogP contribution in [0.3, 0.4) is 0 Å². The predicted octanol–water partition coefficient (Wildman–Crippen LogP) is 1.90. The summed E-state index contributed by atoms with van der Waals surface area (Å²) < 4.78 is 5.58. The Morgan fingerprint density at radius 1 is 1.22 bits per heavy atom. The minimum Gasteiger partial charge on any atom is -0.484 e. The average Bonchev–Trinajstić information content (AvgIpc) is 3.24. The van der Waals surface area contributed by atoms with Crippen molar-refractivity contribution in [2.75, 3.05) is 13.2 Å². The Hall–Kier alpha value is -2.04. The van der Waals surface area contributed by atoms with Crippen LogP contribution in [0.15, 0.2) is 24.3 Å². The van der Waals surface area contributed by atoms with E-state index in [0.29, 0.717) is 18.3 Å². The third kappa shape index (κ3) is 4.03. The van der Waals surface area contributed by atoms with Gasteiger partial charge in [-0.2, -0.15) is 0 Å². The van der Waals surface area contributed by atoms with E-state index in [9.17, 15) is 9.59 Å². The summed E-state index contributed by atoms with van der Waals surface area (Å²) in [6.45, 7) is 2.72. The predicted molar refractivity (Wildman–Crippen MR) is 87.2 cm³/mol. The summed E-state index contributed by atoms with van der Waals surface area (Å²) in [5.74, 6) is 0.567. The van der Waals surface area contributed by atoms with Crippen LogP contribution in [-0.4, -0.2) is 41.9 Å². The number of carbonyl (C=O) groups is 2. The zero-order valence-corrected chi connectivity index (χ0v) is 13.6. The van der Waals surface area contributed by atoms with Crippen molar-refractivity contribution in [3.63, 3.8) is 0 Å². The highest BCUT2D eigenvalue weighted by atomic mass is 16.5. The molecule has 1 aromatic carbocycles. The normalized spacial score (nSPS) is 20.4. The highest BCUT2D eigenvalue weighted by Crippen LogP contribution is 2.22. The smallest absolute Gasteiger partial charge is 0.261 e. The first-order chi connectivity index (χ1) is 11.2. The SMILES string of the molecule is CCc1ccc(OCC(=O)N2CCCC2C(=O)NC2CC2)cc1. The van der Waals surface area contributed by atoms with E-state index < -0.39 is 0 Å². The van der Waals surface area contributed by atoms with Crippen LogP contribution in [0.25, 0.3) is 0 Å². The second-order valence-electron chi connectivity index (χ2n) is 6.31. The summed E-state index contributed by atoms with van der Waals surface area (Å²) in [7, 11) is 0. The first-order valence-corrected chi connectivity index (χ1v) is 8.49. The molecule has 1 aliphatic carbocycles. The number of rotatable bonds is 6. The van der Waals surface area contributed by atoms with E-state index in [2.05, 4.69) is 12.2 Å². The van der Waals surface area contributed by atoms with Crippen molar-refractivity contribution in [3.05, 3.63) is 29.8 Å². The van der Waals surface area contributed by atoms with Crippen LogP contribution in [0.1, 0.15) is 38.2 Å². The van der Waals surface area contributed by atoms with Crippen LogP contribution in [0.4, 0.5) is 0 Å². The molecule has 1 heterocycles. The number of nitrogens with one attached hydrogen (secondary N) is 1. The van der Waals surface area contributed by atoms with E-state index in [1.807, 2.05) is 24.3 Å². The Morgan fingerprint density at radius 2 is 1.96 bits per heavy atom. The molecule has 1 N–H and O–H groups in total. The molecule has 3 rings (SSSR count). The molecule has 1 aromatic rings. The molecule has 2 fully saturated rings. The van der Waals surface area contributed by atoms with Gasteiger partial charge in [0.2, 0.25) is 5.91 Å². The Balaban J connectivity index is 1.52. The zero-order chi connectivity index (χ0) is 16.2. The number of amides is 2. The molecule has 1 saturated heterocycles. The number of hydrogen-bond acceptors (Lipinski definition) is 3. The summed E-state index contributed by atoms with van der Waals surface area (Å²) in [5.41, 5.74) is 1.24. The largest absolute Gasteiger partial charge is 0.484 e. The van der Waals surface area contributed by atoms with Crippen LogP contribution in [0.5, 0.6) is 5.75 Å². The Morgan fingerprint density at radius 3 is 2.61 bits per heavy atom. The summed E-state index contributed by atoms with van der Waals surface area (Å²) in [5, 5.41) is 2.99. The lowest BCUT2D eigenvalue weighted by atomic mass is 10.2. The first-order valence-electron chi connectivity index (χ1n) is 8.49. The number of aryl methyl sites for hydroxylation is 1. The monoisotopic (exact) mass is 316 g/mol. The minimum atomic E-state index is -0.325. The summed E-state index contributed by atoms with van der Waals surface area (Å²) in [6.07, 6.45) is 4.71. The van der Waals surface area contributed by atoms with Crippen LogP contribution < -0.4 is 10.1 Å². The molecule has 23 heavy (non-hydrogen) atoms. The van der Waals surface area contributed by atoms with Gasteiger partial charge in [0.05, 0.1) is 0 Å². The third-order valence-corrected chi connectivity index (χ3v) is 4.49. The molecule has 1 unspecified atom stereocenters. The molecule has 0 bridgehead atoms. The molecule has 1 saturated carbocycles. The standard InChI is InChI=1S/C18H24N2O3/c1-2-13-5-9-15(10-6-13)23-12-17(21)20-11-3-4-16(20)18(22)19-14-7-8-14/h5-6,9-10,14,16H,2-4,7-8,11-12H2,1H3,(H,19,22). The van der Waals surface area contributed by atoms with Gasteiger partial charge in [-0.25, -0.2) is 0 Å². The molecule has 2 aliphatic rings. The Kier molecular flexibility index (Phi) is 4.84. The topological polar surface area (TPSA) is 58.6 Å². The van der Waals surface area contributed by atoms with Crippen molar-refractivity contribution in [2.45, 2.75) is 51.1 Å². The van der Waals surface area contributed by atoms with Gasteiger partial charge in [0, 0.05) is 12.6 Å². The number of ether oxygens (including phenoxy) is 1. The Labute approximate surface area is 137 Å². The molecule has 1 atom stereocenters. The second-order valence-corrected chi connectivity index (χ2v) is 6.31. The lowest BCUT2D eigenvalue weighted by Crippen LogP contribution is -2.47. The van der Waals surface area contributed by atoms with Crippen molar-refractivity contribution in [3.8, 4) is 5.75 Å². The van der Waals surface area contributed by atoms with Gasteiger partial charge in [-0.3, -0.25) is 9.59 Å². The fraction of sp³-hybridized carbons (Fsp3) is 0.556. The molecule has 1 aliphatic heterocycles. The second kappa shape index (κ2) is 7.02. The number of benzene rings is 1. The van der Waals surface area contributed by atoms with Crippen LogP contribution >= 0.6 is 0 Å². The highest BCUT2D eigenvalue weighted by molar-refractivity contribution is 5.89. The quantitative estimate of drug-likeness (QED) is 0.872. The minimum absolute atomic E-state index is 0.00866. The number of nitrogens with zero attached hydrogens (tertiary/aromatic N) is 1. The van der Waals surface area contributed by atoms with Crippen molar-refractivity contribution < 1.29 is 14.3 Å². The number of hydrogen-bond donors (Lipinski definition) is 1. The lowest BCUT2D eigenvalue weighted by molar-refractivity contribution is -0.140. The van der Waals surface area contributed by atoms with Crippen molar-refractivity contribution in [2.24, 2.45) is 0 Å². The van der Waals surface area contributed by atoms with Crippen LogP contribution in [-0.2, 0) is 16.0 Å². The van der Waals surface area contributed by atoms with Crippen molar-refractivity contribution in [1.82, 2.24) is 10.2 Å². The number of likely N-dealkylation sites (tertiary alicyclic amines) is 1. The van der Waals surface area contributed by atoms with Gasteiger partial charge in [-0.1, -0.05) is 19.1 Å². The number of carbonyl (C=O) groups excluding carboxylic acids is 2. The molecular weight excluding hydrogens is 292 g/mol. The highest BCUT2D eigenvalue weighted by Gasteiger charge is 2.36. The summed E-state index contributed by atoms with van der Waals surface area (Å²) in [6, 6.07) is 7.77. The van der Waals surface area contributed by atoms with Gasteiger partial charge in [-0.15, -0.1) is 0 Å². The van der Waals surface area contributed by atoms with E-state index in [1.165, 1.54) is 5.56 Å². The maximum atomic E-state index is 12.4. The molecule has 5 heteroatoms. The molecule has 0 spiro atoms. The molecule has 2 amide bonds. The van der Waals surface area contributed by atoms with Gasteiger partial charge in [0.1, 0.15) is 11.8 Å². The molecule has 5 nitrogen and oxygen atoms in total. The maximum absolute atomic E-state index is 12.4. The van der Waals surface area contributed by atoms with Crippen molar-refractivity contribution >= 4 is 11.8 Å². The van der Waals surface area contributed by atoms with E-state index in [4.69, 9.17) is 4.74 Å². The van der Waals surface area contributed by atoms with Gasteiger partial charge in [-0.05, 0) is 49.8 Å². The Bertz CT molecular complexity index is 566. The lowest BCUT2D eigenvalue weighted by Gasteiger charge is -2.24. The van der Waals surface area contributed by atoms with E-state index in [-0.39, 0.29) is 24.5 Å². The van der Waals surface area contributed by atoms with Crippen LogP contribution in [0, 0.1) is 0 Å². The maximum Gasteiger partial charge on any atom is 0.261 e. The summed E-state index contributed by atoms with van der Waals surface area (Å²) in [4.78, 5) is 26.3. The van der Waals surface area contributed by atoms with Gasteiger partial charge < -0.3 is 15.0 Å². The average molecular weight is 316 g/mol. The fourth-order valence-corrected chi connectivity index (χ4v) is 2.91. The van der Waals surface area contributed by atoms with Crippen LogP contribution in [0.2, 0.25) is 0 Å². The molecule has 0 aromatic heterocycles. The van der Waals surface area contributed by atoms with E-state index in [1.54, 1.807) is 4.90 Å². The van der Waals surface area contributed by atoms with Gasteiger partial charge in [0.15, 0.2) is 6.61 Å². The molecular formula is C18H24N2O3. The first kappa shape index (κ1) is 15.8. The molecule has 124 valence electrons. The fourth-order valence-electron chi connectivity index (χ4n) is 2.91. The van der Waals surface area contributed by atoms with E-state index in [0.717, 1.165) is 32.1 Å². The van der Waals surface area contributed by atoms with E-state index >= 15 is 0 Å². The summed E-state index contributed by atoms with van der Waals surface area (Å²) >= 11 is 0. The van der Waals surface area contributed by atoms with Gasteiger partial charge in [0.25, 0.3) is 5.91 Å². The zero-order valence-electron chi connectivity index (χ0n) is 13.6.